The molecule has 0 unspecified atom stereocenters. The van der Waals surface area contributed by atoms with Crippen LogP contribution < -0.4 is 5.32 Å². The summed E-state index contributed by atoms with van der Waals surface area (Å²) in [5.41, 5.74) is 4.55. The van der Waals surface area contributed by atoms with Crippen LogP contribution in [0.5, 0.6) is 0 Å². The lowest BCUT2D eigenvalue weighted by molar-refractivity contribution is 0.0379. The average molecular weight is 335 g/mol. The molecule has 0 aliphatic rings. The van der Waals surface area contributed by atoms with Crippen LogP contribution in [0.2, 0.25) is 0 Å². The molecule has 3 aromatic rings. The highest BCUT2D eigenvalue weighted by atomic mass is 16.5. The molecule has 5 nitrogen and oxygen atoms in total. The van der Waals surface area contributed by atoms with Gasteiger partial charge in [0, 0.05) is 23.0 Å². The van der Waals surface area contributed by atoms with Crippen LogP contribution in [0.15, 0.2) is 42.6 Å². The van der Waals surface area contributed by atoms with E-state index >= 15 is 0 Å². The first-order chi connectivity index (χ1) is 11.9. The zero-order valence-corrected chi connectivity index (χ0v) is 14.8. The third-order valence-electron chi connectivity index (χ3n) is 3.72. The van der Waals surface area contributed by atoms with E-state index < -0.39 is 5.97 Å². The van der Waals surface area contributed by atoms with Crippen LogP contribution in [0.3, 0.4) is 0 Å². The summed E-state index contributed by atoms with van der Waals surface area (Å²) in [5, 5.41) is 4.13. The number of nitrogens with zero attached hydrogens (tertiary/aromatic N) is 2. The fourth-order valence-corrected chi connectivity index (χ4v) is 2.61. The molecule has 2 aromatic heterocycles. The third kappa shape index (κ3) is 3.76. The molecular weight excluding hydrogens is 314 g/mol. The summed E-state index contributed by atoms with van der Waals surface area (Å²) in [6.45, 7) is 7.58. The van der Waals surface area contributed by atoms with Crippen LogP contribution in [-0.2, 0) is 4.74 Å². The van der Waals surface area contributed by atoms with Crippen molar-refractivity contribution >= 4 is 28.4 Å². The Morgan fingerprint density at radius 3 is 2.68 bits per heavy atom. The number of ether oxygens (including phenoxy) is 1. The van der Waals surface area contributed by atoms with Gasteiger partial charge in [-0.15, -0.1) is 0 Å². The van der Waals surface area contributed by atoms with Crippen LogP contribution in [0.1, 0.15) is 35.5 Å². The van der Waals surface area contributed by atoms with Crippen LogP contribution >= 0.6 is 0 Å². The minimum absolute atomic E-state index is 0.203. The van der Waals surface area contributed by atoms with Gasteiger partial charge in [-0.25, -0.2) is 14.8 Å². The number of nitrogens with one attached hydrogen (secondary N) is 1. The van der Waals surface area contributed by atoms with Crippen molar-refractivity contribution in [3.63, 3.8) is 0 Å². The molecule has 0 spiro atoms. The molecule has 1 aromatic carbocycles. The standard InChI is InChI=1S/C20H21N3O2/c1-12(2)25-20(24)17-11-21-19-16(9-8-14(4)22-19)18(17)23-15-7-5-6-13(3)10-15/h5-12H,1-4H3,(H,21,22,23). The Bertz CT molecular complexity index is 935. The molecule has 0 amide bonds. The van der Waals surface area contributed by atoms with E-state index in [4.69, 9.17) is 4.74 Å². The lowest BCUT2D eigenvalue weighted by Crippen LogP contribution is -2.14. The van der Waals surface area contributed by atoms with Gasteiger partial charge >= 0.3 is 5.97 Å². The van der Waals surface area contributed by atoms with Gasteiger partial charge in [-0.2, -0.15) is 0 Å². The molecule has 0 aliphatic heterocycles. The Kier molecular flexibility index (Phi) is 4.65. The molecule has 0 aliphatic carbocycles. The van der Waals surface area contributed by atoms with Gasteiger partial charge in [-0.05, 0) is 57.5 Å². The van der Waals surface area contributed by atoms with E-state index in [2.05, 4.69) is 15.3 Å². The first kappa shape index (κ1) is 16.9. The zero-order valence-electron chi connectivity index (χ0n) is 14.8. The smallest absolute Gasteiger partial charge is 0.342 e. The molecular formula is C20H21N3O2. The minimum atomic E-state index is -0.403. The van der Waals surface area contributed by atoms with Gasteiger partial charge in [0.2, 0.25) is 0 Å². The zero-order chi connectivity index (χ0) is 18.0. The summed E-state index contributed by atoms with van der Waals surface area (Å²) in [7, 11) is 0. The molecule has 0 bridgehead atoms. The van der Waals surface area contributed by atoms with Crippen LogP contribution in [-0.4, -0.2) is 22.0 Å². The van der Waals surface area contributed by atoms with Crippen molar-refractivity contribution in [1.82, 2.24) is 9.97 Å². The van der Waals surface area contributed by atoms with Gasteiger partial charge in [-0.1, -0.05) is 12.1 Å². The average Bonchev–Trinajstić information content (AvgIpc) is 2.54. The third-order valence-corrected chi connectivity index (χ3v) is 3.72. The van der Waals surface area contributed by atoms with Gasteiger partial charge in [0.25, 0.3) is 0 Å². The highest BCUT2D eigenvalue weighted by Crippen LogP contribution is 2.29. The Balaban J connectivity index is 2.14. The number of aryl methyl sites for hydroxylation is 2. The molecule has 0 saturated carbocycles. The topological polar surface area (TPSA) is 64.1 Å². The molecule has 5 heteroatoms. The van der Waals surface area contributed by atoms with Crippen molar-refractivity contribution in [3.8, 4) is 0 Å². The predicted octanol–water partition coefficient (Wildman–Crippen LogP) is 4.56. The van der Waals surface area contributed by atoms with Gasteiger partial charge in [0.1, 0.15) is 5.56 Å². The van der Waals surface area contributed by atoms with Crippen molar-refractivity contribution in [1.29, 1.82) is 0 Å². The molecule has 0 atom stereocenters. The molecule has 0 radical (unpaired) electrons. The molecule has 128 valence electrons. The highest BCUT2D eigenvalue weighted by Gasteiger charge is 2.19. The van der Waals surface area contributed by atoms with E-state index in [1.807, 2.05) is 64.1 Å². The van der Waals surface area contributed by atoms with E-state index in [0.717, 1.165) is 22.3 Å². The maximum Gasteiger partial charge on any atom is 0.342 e. The largest absolute Gasteiger partial charge is 0.459 e. The second kappa shape index (κ2) is 6.89. The molecule has 0 saturated heterocycles. The number of hydrogen-bond donors (Lipinski definition) is 1. The molecule has 1 N–H and O–H groups in total. The SMILES string of the molecule is Cc1cccc(Nc2c(C(=O)OC(C)C)cnc3nc(C)ccc23)c1. The van der Waals surface area contributed by atoms with E-state index in [9.17, 15) is 4.79 Å². The van der Waals surface area contributed by atoms with Gasteiger partial charge < -0.3 is 10.1 Å². The minimum Gasteiger partial charge on any atom is -0.459 e. The number of pyridine rings is 2. The number of fused-ring (bicyclic) bond motifs is 1. The summed E-state index contributed by atoms with van der Waals surface area (Å²) in [4.78, 5) is 21.3. The summed E-state index contributed by atoms with van der Waals surface area (Å²) >= 11 is 0. The van der Waals surface area contributed by atoms with Crippen molar-refractivity contribution < 1.29 is 9.53 Å². The first-order valence-electron chi connectivity index (χ1n) is 8.25. The van der Waals surface area contributed by atoms with Crippen molar-refractivity contribution in [3.05, 3.63) is 59.4 Å². The molecule has 2 heterocycles. The number of carbonyl (C=O) groups excluding carboxylic acids is 1. The summed E-state index contributed by atoms with van der Waals surface area (Å²) in [5.74, 6) is -0.403. The normalized spacial score (nSPS) is 10.9. The molecule has 3 rings (SSSR count). The molecule has 25 heavy (non-hydrogen) atoms. The van der Waals surface area contributed by atoms with Gasteiger partial charge in [0.05, 0.1) is 11.8 Å². The van der Waals surface area contributed by atoms with Crippen LogP contribution in [0, 0.1) is 13.8 Å². The van der Waals surface area contributed by atoms with Crippen molar-refractivity contribution in [2.45, 2.75) is 33.8 Å². The lowest BCUT2D eigenvalue weighted by atomic mass is 10.1. The van der Waals surface area contributed by atoms with E-state index in [-0.39, 0.29) is 6.10 Å². The van der Waals surface area contributed by atoms with E-state index in [1.54, 1.807) is 0 Å². The van der Waals surface area contributed by atoms with E-state index in [1.165, 1.54) is 6.20 Å². The number of rotatable bonds is 4. The number of hydrogen-bond acceptors (Lipinski definition) is 5. The van der Waals surface area contributed by atoms with Crippen molar-refractivity contribution in [2.24, 2.45) is 0 Å². The summed E-state index contributed by atoms with van der Waals surface area (Å²) in [6.07, 6.45) is 1.32. The fraction of sp³-hybridized carbons (Fsp3) is 0.250. The van der Waals surface area contributed by atoms with Crippen LogP contribution in [0.25, 0.3) is 11.0 Å². The number of benzene rings is 1. The Labute approximate surface area is 147 Å². The monoisotopic (exact) mass is 335 g/mol. The fourth-order valence-electron chi connectivity index (χ4n) is 2.61. The first-order valence-corrected chi connectivity index (χ1v) is 8.25. The number of carbonyl (C=O) groups is 1. The van der Waals surface area contributed by atoms with Gasteiger partial charge in [-0.3, -0.25) is 0 Å². The number of aromatic nitrogens is 2. The second-order valence-corrected chi connectivity index (χ2v) is 6.32. The predicted molar refractivity (Wildman–Crippen MR) is 99.3 cm³/mol. The maximum atomic E-state index is 12.5. The Hall–Kier alpha value is -2.95. The maximum absolute atomic E-state index is 12.5. The highest BCUT2D eigenvalue weighted by molar-refractivity contribution is 6.05. The lowest BCUT2D eigenvalue weighted by Gasteiger charge is -2.15. The number of anilines is 2. The Morgan fingerprint density at radius 1 is 1.16 bits per heavy atom. The van der Waals surface area contributed by atoms with Crippen LogP contribution in [0.4, 0.5) is 11.4 Å². The Morgan fingerprint density at radius 2 is 1.96 bits per heavy atom. The quantitative estimate of drug-likeness (QED) is 0.708. The summed E-state index contributed by atoms with van der Waals surface area (Å²) < 4.78 is 5.37. The summed E-state index contributed by atoms with van der Waals surface area (Å²) in [6, 6.07) is 11.8. The van der Waals surface area contributed by atoms with E-state index in [0.29, 0.717) is 16.9 Å². The number of esters is 1. The second-order valence-electron chi connectivity index (χ2n) is 6.32. The molecule has 0 fully saturated rings. The van der Waals surface area contributed by atoms with Gasteiger partial charge in [0.15, 0.2) is 5.65 Å². The van der Waals surface area contributed by atoms with Crippen molar-refractivity contribution in [2.75, 3.05) is 5.32 Å².